The van der Waals surface area contributed by atoms with Crippen molar-refractivity contribution in [2.24, 2.45) is 0 Å². The number of para-hydroxylation sites is 2. The predicted octanol–water partition coefficient (Wildman–Crippen LogP) is 9.85. The van der Waals surface area contributed by atoms with E-state index in [0.29, 0.717) is 34.8 Å². The Labute approximate surface area is 268 Å². The Morgan fingerprint density at radius 3 is 1.02 bits per heavy atom. The number of rotatable bonds is 8. The minimum absolute atomic E-state index is 0. The van der Waals surface area contributed by atoms with Crippen molar-refractivity contribution in [2.75, 3.05) is 10.6 Å². The van der Waals surface area contributed by atoms with Gasteiger partial charge in [-0.2, -0.15) is 0 Å². The van der Waals surface area contributed by atoms with Crippen LogP contribution in [0.15, 0.2) is 109 Å². The molecule has 2 aromatic carbocycles. The quantitative estimate of drug-likeness (QED) is 0.228. The molecular weight excluding hydrogens is 575 g/mol. The minimum Gasteiger partial charge on any atom is -0.360 e. The summed E-state index contributed by atoms with van der Waals surface area (Å²) in [5.74, 6) is 1.81. The molecule has 5 heteroatoms. The first-order valence-corrected chi connectivity index (χ1v) is 15.0. The van der Waals surface area contributed by atoms with Gasteiger partial charge in [0.05, 0.1) is 0 Å². The molecule has 2 aromatic rings. The molecule has 230 valence electrons. The number of ketones is 2. The average molecular weight is 621 g/mol. The second kappa shape index (κ2) is 16.8. The molecule has 4 rings (SSSR count). The van der Waals surface area contributed by atoms with Crippen LogP contribution in [0.5, 0.6) is 0 Å². The molecule has 0 aromatic heterocycles. The molecule has 0 saturated carbocycles. The Hall–Kier alpha value is -3.69. The molecule has 2 aliphatic carbocycles. The topological polar surface area (TPSA) is 58.2 Å². The first kappa shape index (κ1) is 35.5. The summed E-state index contributed by atoms with van der Waals surface area (Å²) in [4.78, 5) is 23.6. The van der Waals surface area contributed by atoms with Crippen LogP contribution >= 0.6 is 0 Å². The number of anilines is 2. The summed E-state index contributed by atoms with van der Waals surface area (Å²) >= 11 is 0. The molecule has 0 atom stereocenters. The fraction of sp³-hybridized carbons (Fsp3) is 0.316. The number of hydrogen-bond donors (Lipinski definition) is 2. The van der Waals surface area contributed by atoms with Crippen LogP contribution in [0, 0.1) is 0 Å². The Morgan fingerprint density at radius 2 is 0.767 bits per heavy atom. The molecule has 2 aliphatic rings. The molecule has 0 saturated heterocycles. The molecule has 0 spiro atoms. The maximum atomic E-state index is 11.8. The van der Waals surface area contributed by atoms with Crippen LogP contribution in [0.4, 0.5) is 11.4 Å². The summed E-state index contributed by atoms with van der Waals surface area (Å²) in [5, 5.41) is 6.75. The second-order valence-corrected chi connectivity index (χ2v) is 11.9. The summed E-state index contributed by atoms with van der Waals surface area (Å²) < 4.78 is 0. The summed E-state index contributed by atoms with van der Waals surface area (Å²) in [5.41, 5.74) is 8.75. The number of nitrogens with one attached hydrogen (secondary N) is 2. The van der Waals surface area contributed by atoms with E-state index >= 15 is 0 Å². The van der Waals surface area contributed by atoms with Crippen molar-refractivity contribution in [3.63, 3.8) is 0 Å². The zero-order valence-electron chi connectivity index (χ0n) is 26.7. The van der Waals surface area contributed by atoms with Gasteiger partial charge in [0.1, 0.15) is 0 Å². The molecule has 0 fully saturated rings. The zero-order chi connectivity index (χ0) is 30.8. The van der Waals surface area contributed by atoms with E-state index in [9.17, 15) is 9.59 Å². The Balaban J connectivity index is 0.000000293. The van der Waals surface area contributed by atoms with Gasteiger partial charge in [0.2, 0.25) is 0 Å². The van der Waals surface area contributed by atoms with Crippen LogP contribution in [-0.2, 0) is 26.1 Å². The minimum atomic E-state index is 0. The van der Waals surface area contributed by atoms with E-state index in [0.717, 1.165) is 11.4 Å². The molecule has 4 nitrogen and oxygen atoms in total. The van der Waals surface area contributed by atoms with Crippen LogP contribution in [-0.4, -0.2) is 11.6 Å². The van der Waals surface area contributed by atoms with Crippen LogP contribution in [0.3, 0.4) is 0 Å². The standard InChI is InChI=1S/2C19H23NO.Ni/c2*1-13(2)16-9-7-10-17(14(3)4)19(16)20-12-15-8-5-6-11-18(15)21;/h2*5-14,20H,1-4H3;. The molecule has 0 heterocycles. The van der Waals surface area contributed by atoms with Crippen LogP contribution in [0.2, 0.25) is 0 Å². The molecule has 0 bridgehead atoms. The van der Waals surface area contributed by atoms with Crippen LogP contribution < -0.4 is 10.6 Å². The molecule has 43 heavy (non-hydrogen) atoms. The summed E-state index contributed by atoms with van der Waals surface area (Å²) in [7, 11) is 0. The van der Waals surface area contributed by atoms with E-state index in [1.807, 2.05) is 36.7 Å². The third-order valence-corrected chi connectivity index (χ3v) is 7.33. The fourth-order valence-corrected chi connectivity index (χ4v) is 4.93. The SMILES string of the molecule is CC(C)c1cccc(C(C)C)c1NC=C1C=CC=CC1=O.CC(C)c1cccc(C(C)C)c1NC=C1C=CC=CC1=O.[Ni]. The number of benzene rings is 2. The van der Waals surface area contributed by atoms with Gasteiger partial charge in [-0.25, -0.2) is 0 Å². The van der Waals surface area contributed by atoms with Crippen molar-refractivity contribution >= 4 is 22.9 Å². The second-order valence-electron chi connectivity index (χ2n) is 11.9. The van der Waals surface area contributed by atoms with Crippen molar-refractivity contribution in [3.8, 4) is 0 Å². The predicted molar refractivity (Wildman–Crippen MR) is 179 cm³/mol. The Bertz CT molecular complexity index is 1300. The monoisotopic (exact) mass is 620 g/mol. The molecule has 0 radical (unpaired) electrons. The number of carbonyl (C=O) groups excluding carboxylic acids is 2. The Kier molecular flexibility index (Phi) is 13.9. The molecular formula is C38H46N2NiO2. The zero-order valence-corrected chi connectivity index (χ0v) is 27.7. The van der Waals surface area contributed by atoms with Crippen molar-refractivity contribution < 1.29 is 26.1 Å². The van der Waals surface area contributed by atoms with Gasteiger partial charge in [-0.15, -0.1) is 0 Å². The molecule has 2 N–H and O–H groups in total. The maximum absolute atomic E-state index is 11.8. The van der Waals surface area contributed by atoms with E-state index in [1.54, 1.807) is 24.3 Å². The number of carbonyl (C=O) groups is 2. The summed E-state index contributed by atoms with van der Waals surface area (Å²) in [6.07, 6.45) is 17.8. The third-order valence-electron chi connectivity index (χ3n) is 7.33. The van der Waals surface area contributed by atoms with Gasteiger partial charge >= 0.3 is 0 Å². The van der Waals surface area contributed by atoms with Crippen molar-refractivity contribution in [1.29, 1.82) is 0 Å². The van der Waals surface area contributed by atoms with Crippen molar-refractivity contribution in [3.05, 3.63) is 131 Å². The van der Waals surface area contributed by atoms with Crippen LogP contribution in [0.25, 0.3) is 0 Å². The van der Waals surface area contributed by atoms with E-state index in [2.05, 4.69) is 102 Å². The van der Waals surface area contributed by atoms with Crippen molar-refractivity contribution in [1.82, 2.24) is 0 Å². The van der Waals surface area contributed by atoms with Gasteiger partial charge in [-0.05, 0) is 70.2 Å². The van der Waals surface area contributed by atoms with E-state index in [4.69, 9.17) is 0 Å². The fourth-order valence-electron chi connectivity index (χ4n) is 4.93. The van der Waals surface area contributed by atoms with Crippen molar-refractivity contribution in [2.45, 2.75) is 79.1 Å². The Morgan fingerprint density at radius 1 is 0.488 bits per heavy atom. The first-order chi connectivity index (χ1) is 20.0. The van der Waals surface area contributed by atoms with Gasteiger partial charge in [0.25, 0.3) is 0 Å². The maximum Gasteiger partial charge on any atom is 0.187 e. The summed E-state index contributed by atoms with van der Waals surface area (Å²) in [6, 6.07) is 12.8. The normalized spacial score (nSPS) is 15.9. The smallest absolute Gasteiger partial charge is 0.187 e. The van der Waals surface area contributed by atoms with Gasteiger partial charge < -0.3 is 10.6 Å². The van der Waals surface area contributed by atoms with Gasteiger partial charge in [0, 0.05) is 51.4 Å². The average Bonchev–Trinajstić information content (AvgIpc) is 2.96. The molecule has 0 aliphatic heterocycles. The first-order valence-electron chi connectivity index (χ1n) is 15.0. The van der Waals surface area contributed by atoms with Gasteiger partial charge in [-0.3, -0.25) is 9.59 Å². The molecule has 0 unspecified atom stereocenters. The number of allylic oxidation sites excluding steroid dienone is 10. The van der Waals surface area contributed by atoms with E-state index in [-0.39, 0.29) is 28.1 Å². The van der Waals surface area contributed by atoms with E-state index in [1.165, 1.54) is 22.3 Å². The van der Waals surface area contributed by atoms with Gasteiger partial charge in [0.15, 0.2) is 11.6 Å². The number of hydrogen-bond acceptors (Lipinski definition) is 4. The third kappa shape index (κ3) is 9.66. The summed E-state index contributed by atoms with van der Waals surface area (Å²) in [6.45, 7) is 17.5. The van der Waals surface area contributed by atoms with Gasteiger partial charge in [-0.1, -0.05) is 116 Å². The van der Waals surface area contributed by atoms with Crippen LogP contribution in [0.1, 0.15) is 101 Å². The molecule has 0 amide bonds. The van der Waals surface area contributed by atoms with E-state index < -0.39 is 0 Å². The largest absolute Gasteiger partial charge is 0.360 e.